The van der Waals surface area contributed by atoms with Gasteiger partial charge in [-0.1, -0.05) is 24.3 Å². The predicted molar refractivity (Wildman–Crippen MR) is 224 cm³/mol. The number of phenolic OH excluding ortho intramolecular Hbond substituents is 2. The number of ketones is 3. The summed E-state index contributed by atoms with van der Waals surface area (Å²) in [7, 11) is 1.30. The highest BCUT2D eigenvalue weighted by Crippen LogP contribution is 2.52. The number of aliphatic hydroxyl groups excluding tert-OH is 2. The summed E-state index contributed by atoms with van der Waals surface area (Å²) in [5.74, 6) is -5.77. The van der Waals surface area contributed by atoms with E-state index in [0.29, 0.717) is 29.3 Å². The minimum atomic E-state index is -2.39. The van der Waals surface area contributed by atoms with Crippen molar-refractivity contribution < 1.29 is 68.5 Å². The Morgan fingerprint density at radius 1 is 1.03 bits per heavy atom. The van der Waals surface area contributed by atoms with Crippen molar-refractivity contribution in [2.75, 3.05) is 20.3 Å². The van der Waals surface area contributed by atoms with Gasteiger partial charge < -0.3 is 55.3 Å². The molecule has 8 rings (SSSR count). The SMILES string of the molecule is COc1cccc2c1C(=O)c1c(O)c3c(c(O)c1C2=O)C[C@@](O)(C(=O)CO)C[C@@H]3OC1CC(NC(=O)[C@@H]2CCCN2C(=O)[C@@H](C)NC(=O)c2ccnc3cccc(C)c23)C(O)C(C)O1. The molecule has 0 radical (unpaired) electrons. The van der Waals surface area contributed by atoms with E-state index in [1.54, 1.807) is 12.1 Å². The minimum Gasteiger partial charge on any atom is -0.507 e. The van der Waals surface area contributed by atoms with Crippen molar-refractivity contribution in [2.45, 2.75) is 101 Å². The van der Waals surface area contributed by atoms with Crippen LogP contribution in [0, 0.1) is 6.92 Å². The molecule has 18 heteroatoms. The Hall–Kier alpha value is -6.31. The molecule has 0 saturated carbocycles. The van der Waals surface area contributed by atoms with Crippen LogP contribution in [0.3, 0.4) is 0 Å². The molecule has 64 heavy (non-hydrogen) atoms. The number of nitrogens with one attached hydrogen (secondary N) is 2. The van der Waals surface area contributed by atoms with Gasteiger partial charge in [-0.25, -0.2) is 0 Å². The molecule has 2 aliphatic carbocycles. The van der Waals surface area contributed by atoms with Gasteiger partial charge in [0.15, 0.2) is 17.9 Å². The van der Waals surface area contributed by atoms with Crippen molar-refractivity contribution in [1.29, 1.82) is 0 Å². The molecule has 1 aromatic heterocycles. The number of Topliss-reactive ketones (excluding diaryl/α,β-unsaturated/α-hetero) is 1. The van der Waals surface area contributed by atoms with Crippen LogP contribution in [0.4, 0.5) is 0 Å². The van der Waals surface area contributed by atoms with E-state index in [0.717, 1.165) is 5.56 Å². The number of amides is 3. The van der Waals surface area contributed by atoms with Gasteiger partial charge in [-0.05, 0) is 57.4 Å². The molecule has 4 unspecified atom stereocenters. The topological polar surface area (TPSA) is 271 Å². The Kier molecular flexibility index (Phi) is 11.8. The number of nitrogens with zero attached hydrogens (tertiary/aromatic N) is 2. The summed E-state index contributed by atoms with van der Waals surface area (Å²) in [6.45, 7) is 4.03. The van der Waals surface area contributed by atoms with Gasteiger partial charge in [0, 0.05) is 54.1 Å². The lowest BCUT2D eigenvalue weighted by molar-refractivity contribution is -0.249. The Labute approximate surface area is 366 Å². The van der Waals surface area contributed by atoms with Gasteiger partial charge in [0.1, 0.15) is 47.6 Å². The molecule has 2 aliphatic heterocycles. The Bertz CT molecular complexity index is 2630. The number of hydrogen-bond acceptors (Lipinski definition) is 15. The first-order chi connectivity index (χ1) is 30.5. The van der Waals surface area contributed by atoms with Crippen LogP contribution in [0.2, 0.25) is 0 Å². The fourth-order valence-corrected chi connectivity index (χ4v) is 9.60. The third-order valence-electron chi connectivity index (χ3n) is 12.9. The molecule has 3 amide bonds. The molecule has 4 aliphatic rings. The quantitative estimate of drug-likeness (QED) is 0.0987. The fourth-order valence-electron chi connectivity index (χ4n) is 9.60. The predicted octanol–water partition coefficient (Wildman–Crippen LogP) is 1.82. The number of ether oxygens (including phenoxy) is 3. The van der Waals surface area contributed by atoms with Crippen LogP contribution in [0.15, 0.2) is 48.7 Å². The van der Waals surface area contributed by atoms with E-state index in [-0.39, 0.29) is 41.0 Å². The second-order valence-electron chi connectivity index (χ2n) is 16.8. The number of likely N-dealkylation sites (tertiary alicyclic amines) is 1. The van der Waals surface area contributed by atoms with Gasteiger partial charge in [-0.15, -0.1) is 0 Å². The molecule has 7 N–H and O–H groups in total. The Morgan fingerprint density at radius 3 is 2.50 bits per heavy atom. The first kappa shape index (κ1) is 44.3. The number of aliphatic hydroxyl groups is 3. The third kappa shape index (κ3) is 7.43. The van der Waals surface area contributed by atoms with Gasteiger partial charge in [0.25, 0.3) is 5.91 Å². The number of pyridine rings is 1. The zero-order chi connectivity index (χ0) is 45.9. The number of aryl methyl sites for hydroxylation is 1. The summed E-state index contributed by atoms with van der Waals surface area (Å²) in [6.07, 6.45) is -4.35. The maximum Gasteiger partial charge on any atom is 0.252 e. The van der Waals surface area contributed by atoms with E-state index >= 15 is 0 Å². The number of methoxy groups -OCH3 is 1. The highest BCUT2D eigenvalue weighted by Gasteiger charge is 2.51. The maximum atomic E-state index is 14.0. The second-order valence-corrected chi connectivity index (χ2v) is 16.8. The molecule has 336 valence electrons. The maximum absolute atomic E-state index is 14.0. The third-order valence-corrected chi connectivity index (χ3v) is 12.9. The first-order valence-electron chi connectivity index (χ1n) is 21.0. The molecule has 3 aromatic carbocycles. The minimum absolute atomic E-state index is 0.0429. The average molecular weight is 881 g/mol. The van der Waals surface area contributed by atoms with E-state index in [1.807, 2.05) is 19.1 Å². The normalized spacial score (nSPS) is 25.5. The standard InChI is InChI=1S/C46H48N4O14/c1-20-8-5-10-26-33(20)24(13-14-47-26)43(58)48-21(2)45(60)50-15-7-11-28(50)44(59)49-27-16-32(63-22(3)38(27)53)64-30-18-46(61,31(52)19-51)17-25-35(30)42(57)37-36(40(25)55)39(54)23-9-6-12-29(62-4)34(23)41(37)56/h5-6,8-10,12-14,21-22,27-28,30,32,38,51,53,55,57,61H,7,11,15-19H2,1-4H3,(H,48,58)(H,49,59)/t21-,22?,27?,28+,30+,32?,38?,46+/m1/s1. The molecule has 2 fully saturated rings. The molecular formula is C46H48N4O14. The molecule has 2 saturated heterocycles. The smallest absolute Gasteiger partial charge is 0.252 e. The van der Waals surface area contributed by atoms with E-state index in [2.05, 4.69) is 15.6 Å². The molecule has 3 heterocycles. The fraction of sp³-hybridized carbons (Fsp3) is 0.413. The number of phenols is 2. The number of carbonyl (C=O) groups excluding carboxylic acids is 6. The lowest BCUT2D eigenvalue weighted by Gasteiger charge is -2.43. The van der Waals surface area contributed by atoms with E-state index in [1.165, 1.54) is 50.3 Å². The lowest BCUT2D eigenvalue weighted by Crippen LogP contribution is -2.59. The van der Waals surface area contributed by atoms with Crippen LogP contribution in [0.1, 0.15) is 105 Å². The number of fused-ring (bicyclic) bond motifs is 4. The van der Waals surface area contributed by atoms with E-state index in [4.69, 9.17) is 14.2 Å². The highest BCUT2D eigenvalue weighted by atomic mass is 16.7. The molecule has 18 nitrogen and oxygen atoms in total. The van der Waals surface area contributed by atoms with E-state index in [9.17, 15) is 54.3 Å². The average Bonchev–Trinajstić information content (AvgIpc) is 3.77. The Morgan fingerprint density at radius 2 is 1.77 bits per heavy atom. The van der Waals surface area contributed by atoms with Gasteiger partial charge in [0.05, 0.1) is 53.1 Å². The largest absolute Gasteiger partial charge is 0.507 e. The number of aromatic nitrogens is 1. The van der Waals surface area contributed by atoms with Crippen molar-refractivity contribution in [3.05, 3.63) is 93.2 Å². The van der Waals surface area contributed by atoms with Gasteiger partial charge in [0.2, 0.25) is 17.6 Å². The van der Waals surface area contributed by atoms with Crippen molar-refractivity contribution >= 4 is 46.0 Å². The highest BCUT2D eigenvalue weighted by molar-refractivity contribution is 6.31. The zero-order valence-electron chi connectivity index (χ0n) is 35.4. The summed E-state index contributed by atoms with van der Waals surface area (Å²) >= 11 is 0. The van der Waals surface area contributed by atoms with Gasteiger partial charge in [-0.3, -0.25) is 33.8 Å². The summed E-state index contributed by atoms with van der Waals surface area (Å²) in [5.41, 5.74) is -2.43. The zero-order valence-corrected chi connectivity index (χ0v) is 35.4. The molecule has 4 aromatic rings. The van der Waals surface area contributed by atoms with Crippen molar-refractivity contribution in [3.63, 3.8) is 0 Å². The second kappa shape index (κ2) is 17.0. The monoisotopic (exact) mass is 880 g/mol. The van der Waals surface area contributed by atoms with Crippen LogP contribution in [0.25, 0.3) is 10.9 Å². The van der Waals surface area contributed by atoms with Crippen molar-refractivity contribution in [3.8, 4) is 17.2 Å². The van der Waals surface area contributed by atoms with Gasteiger partial charge >= 0.3 is 0 Å². The van der Waals surface area contributed by atoms with Crippen LogP contribution >= 0.6 is 0 Å². The van der Waals surface area contributed by atoms with Crippen molar-refractivity contribution in [2.24, 2.45) is 0 Å². The van der Waals surface area contributed by atoms with Crippen LogP contribution in [-0.2, 0) is 30.3 Å². The number of rotatable bonds is 10. The van der Waals surface area contributed by atoms with E-state index < -0.39 is 125 Å². The summed E-state index contributed by atoms with van der Waals surface area (Å²) < 4.78 is 17.6. The van der Waals surface area contributed by atoms with Crippen LogP contribution in [0.5, 0.6) is 17.2 Å². The number of aromatic hydroxyl groups is 2. The van der Waals surface area contributed by atoms with Crippen LogP contribution in [-0.4, -0.2) is 133 Å². The van der Waals surface area contributed by atoms with Crippen LogP contribution < -0.4 is 15.4 Å². The molecule has 0 spiro atoms. The first-order valence-corrected chi connectivity index (χ1v) is 21.0. The van der Waals surface area contributed by atoms with Gasteiger partial charge in [-0.2, -0.15) is 0 Å². The number of carbonyl (C=O) groups is 6. The summed E-state index contributed by atoms with van der Waals surface area (Å²) in [5, 5.41) is 62.6. The lowest BCUT2D eigenvalue weighted by atomic mass is 9.72. The summed E-state index contributed by atoms with van der Waals surface area (Å²) in [6, 6.07) is 8.32. The van der Waals surface area contributed by atoms with Crippen molar-refractivity contribution in [1.82, 2.24) is 20.5 Å². The molecular weight excluding hydrogens is 833 g/mol. The molecule has 8 atom stereocenters. The summed E-state index contributed by atoms with van der Waals surface area (Å²) in [4.78, 5) is 87.9. The molecule has 0 bridgehead atoms. The number of hydrogen-bond donors (Lipinski definition) is 7. The number of benzene rings is 3. The Balaban J connectivity index is 1.02.